The quantitative estimate of drug-likeness (QED) is 0.688. The summed E-state index contributed by atoms with van der Waals surface area (Å²) in [6.45, 7) is 3.07. The van der Waals surface area contributed by atoms with Gasteiger partial charge in [0.15, 0.2) is 0 Å². The minimum atomic E-state index is -3.75. The summed E-state index contributed by atoms with van der Waals surface area (Å²) in [7, 11) is -2.13. The van der Waals surface area contributed by atoms with E-state index in [1.165, 1.54) is 0 Å². The van der Waals surface area contributed by atoms with Crippen molar-refractivity contribution >= 4 is 27.5 Å². The van der Waals surface area contributed by atoms with E-state index in [2.05, 4.69) is 17.0 Å². The first-order valence-electron chi connectivity index (χ1n) is 10.6. The highest BCUT2D eigenvalue weighted by atomic mass is 32.2. The molecule has 0 spiro atoms. The molecular weight excluding hydrogens is 414 g/mol. The van der Waals surface area contributed by atoms with Crippen molar-refractivity contribution in [3.05, 3.63) is 59.7 Å². The van der Waals surface area contributed by atoms with Crippen molar-refractivity contribution < 1.29 is 18.0 Å². The molecule has 7 nitrogen and oxygen atoms in total. The number of nitrogens with one attached hydrogen (secondary N) is 2. The normalized spacial score (nSPS) is 14.8. The number of benzene rings is 2. The van der Waals surface area contributed by atoms with Gasteiger partial charge in [-0.2, -0.15) is 0 Å². The second kappa shape index (κ2) is 9.96. The number of amides is 2. The van der Waals surface area contributed by atoms with Crippen molar-refractivity contribution in [3.8, 4) is 0 Å². The molecule has 3 rings (SSSR count). The molecule has 0 radical (unpaired) electrons. The molecule has 1 aliphatic heterocycles. The van der Waals surface area contributed by atoms with Gasteiger partial charge in [-0.3, -0.25) is 14.3 Å². The van der Waals surface area contributed by atoms with Gasteiger partial charge in [0.2, 0.25) is 5.91 Å². The lowest BCUT2D eigenvalue weighted by Crippen LogP contribution is -2.42. The van der Waals surface area contributed by atoms with Crippen LogP contribution in [0.1, 0.15) is 42.1 Å². The fourth-order valence-electron chi connectivity index (χ4n) is 3.79. The van der Waals surface area contributed by atoms with Gasteiger partial charge >= 0.3 is 0 Å². The summed E-state index contributed by atoms with van der Waals surface area (Å²) in [4.78, 5) is 26.5. The van der Waals surface area contributed by atoms with Gasteiger partial charge in [-0.15, -0.1) is 0 Å². The van der Waals surface area contributed by atoms with Crippen LogP contribution in [0.15, 0.2) is 53.4 Å². The highest BCUT2D eigenvalue weighted by Crippen LogP contribution is 2.22. The molecule has 0 atom stereocenters. The Morgan fingerprint density at radius 3 is 2.35 bits per heavy atom. The molecule has 1 aliphatic rings. The average Bonchev–Trinajstić information content (AvgIpc) is 2.78. The number of sulfonamides is 1. The van der Waals surface area contributed by atoms with Crippen LogP contribution in [0, 0.1) is 5.92 Å². The Bertz CT molecular complexity index is 1030. The minimum absolute atomic E-state index is 0.00577. The van der Waals surface area contributed by atoms with Crippen LogP contribution in [0.3, 0.4) is 0 Å². The zero-order valence-electron chi connectivity index (χ0n) is 17.9. The first-order valence-corrected chi connectivity index (χ1v) is 12.0. The first kappa shape index (κ1) is 22.8. The summed E-state index contributed by atoms with van der Waals surface area (Å²) in [6.07, 6.45) is 3.13. The van der Waals surface area contributed by atoms with Crippen LogP contribution in [0.4, 0.5) is 5.69 Å². The van der Waals surface area contributed by atoms with Crippen molar-refractivity contribution in [1.29, 1.82) is 0 Å². The molecule has 0 bridgehead atoms. The number of nitrogens with zero attached hydrogens (tertiary/aromatic N) is 1. The van der Waals surface area contributed by atoms with Gasteiger partial charge in [-0.25, -0.2) is 8.42 Å². The average molecular weight is 444 g/mol. The van der Waals surface area contributed by atoms with Gasteiger partial charge in [-0.1, -0.05) is 31.5 Å². The number of hydrogen-bond acceptors (Lipinski definition) is 4. The summed E-state index contributed by atoms with van der Waals surface area (Å²) < 4.78 is 28.0. The van der Waals surface area contributed by atoms with Crippen LogP contribution in [0.2, 0.25) is 0 Å². The van der Waals surface area contributed by atoms with E-state index in [9.17, 15) is 18.0 Å². The molecule has 2 N–H and O–H groups in total. The summed E-state index contributed by atoms with van der Waals surface area (Å²) in [5, 5.41) is 2.65. The maximum atomic E-state index is 12.9. The third-order valence-electron chi connectivity index (χ3n) is 5.53. The smallest absolute Gasteiger partial charge is 0.261 e. The van der Waals surface area contributed by atoms with E-state index in [0.717, 1.165) is 18.4 Å². The van der Waals surface area contributed by atoms with Gasteiger partial charge in [0.05, 0.1) is 4.90 Å². The lowest BCUT2D eigenvalue weighted by Gasteiger charge is -2.31. The number of hydrogen-bond donors (Lipinski definition) is 2. The van der Waals surface area contributed by atoms with Crippen LogP contribution in [0.25, 0.3) is 0 Å². The number of likely N-dealkylation sites (tertiary alicyclic amines) is 1. The van der Waals surface area contributed by atoms with Gasteiger partial charge in [0.1, 0.15) is 0 Å². The van der Waals surface area contributed by atoms with Crippen LogP contribution in [0.5, 0.6) is 0 Å². The Hall–Kier alpha value is -2.87. The van der Waals surface area contributed by atoms with E-state index in [0.29, 0.717) is 37.2 Å². The standard InChI is InChI=1S/C23H29N3O4S/c1-3-5-17-8-10-21(11-9-17)31(29,30)25-20-7-4-6-19(16-20)23(28)26-14-12-18(13-15-26)22(27)24-2/h4,6-11,16,18,25H,3,5,12-15H2,1-2H3,(H,24,27). The summed E-state index contributed by atoms with van der Waals surface area (Å²) >= 11 is 0. The van der Waals surface area contributed by atoms with Crippen molar-refractivity contribution in [1.82, 2.24) is 10.2 Å². The van der Waals surface area contributed by atoms with E-state index in [4.69, 9.17) is 0 Å². The molecule has 1 heterocycles. The van der Waals surface area contributed by atoms with Crippen molar-refractivity contribution in [2.75, 3.05) is 24.9 Å². The van der Waals surface area contributed by atoms with Gasteiger partial charge in [-0.05, 0) is 55.2 Å². The van der Waals surface area contributed by atoms with Crippen molar-refractivity contribution in [3.63, 3.8) is 0 Å². The van der Waals surface area contributed by atoms with E-state index in [1.54, 1.807) is 48.3 Å². The molecule has 2 aromatic rings. The molecule has 8 heteroatoms. The van der Waals surface area contributed by atoms with Crippen LogP contribution < -0.4 is 10.0 Å². The molecule has 2 aromatic carbocycles. The molecule has 0 aromatic heterocycles. The summed E-state index contributed by atoms with van der Waals surface area (Å²) in [6, 6.07) is 13.3. The zero-order valence-corrected chi connectivity index (χ0v) is 18.7. The number of piperidine rings is 1. The first-order chi connectivity index (χ1) is 14.8. The van der Waals surface area contributed by atoms with Crippen molar-refractivity contribution in [2.45, 2.75) is 37.5 Å². The molecule has 166 valence electrons. The summed E-state index contributed by atoms with van der Waals surface area (Å²) in [5.74, 6) is -0.234. The van der Waals surface area contributed by atoms with E-state index in [-0.39, 0.29) is 22.6 Å². The van der Waals surface area contributed by atoms with Gasteiger partial charge in [0, 0.05) is 37.3 Å². The predicted molar refractivity (Wildman–Crippen MR) is 120 cm³/mol. The molecule has 1 fully saturated rings. The molecule has 1 saturated heterocycles. The topological polar surface area (TPSA) is 95.6 Å². The molecule has 0 aliphatic carbocycles. The molecule has 0 unspecified atom stereocenters. The predicted octanol–water partition coefficient (Wildman–Crippen LogP) is 3.04. The Labute approximate surface area is 183 Å². The Morgan fingerprint density at radius 2 is 1.74 bits per heavy atom. The Morgan fingerprint density at radius 1 is 1.06 bits per heavy atom. The number of carbonyl (C=O) groups is 2. The number of aryl methyl sites for hydroxylation is 1. The van der Waals surface area contributed by atoms with Gasteiger partial charge in [0.25, 0.3) is 15.9 Å². The highest BCUT2D eigenvalue weighted by molar-refractivity contribution is 7.92. The van der Waals surface area contributed by atoms with E-state index < -0.39 is 10.0 Å². The molecule has 0 saturated carbocycles. The second-order valence-corrected chi connectivity index (χ2v) is 9.44. The fourth-order valence-corrected chi connectivity index (χ4v) is 4.83. The maximum absolute atomic E-state index is 12.9. The maximum Gasteiger partial charge on any atom is 0.261 e. The number of anilines is 1. The highest BCUT2D eigenvalue weighted by Gasteiger charge is 2.27. The lowest BCUT2D eigenvalue weighted by molar-refractivity contribution is -0.125. The second-order valence-electron chi connectivity index (χ2n) is 7.76. The van der Waals surface area contributed by atoms with Crippen molar-refractivity contribution in [2.24, 2.45) is 5.92 Å². The number of carbonyl (C=O) groups excluding carboxylic acids is 2. The third kappa shape index (κ3) is 5.64. The number of rotatable bonds is 7. The monoisotopic (exact) mass is 443 g/mol. The Kier molecular flexibility index (Phi) is 7.33. The SMILES string of the molecule is CCCc1ccc(S(=O)(=O)Nc2cccc(C(=O)N3CCC(C(=O)NC)CC3)c2)cc1. The van der Waals surface area contributed by atoms with Crippen LogP contribution >= 0.6 is 0 Å². The van der Waals surface area contributed by atoms with Crippen LogP contribution in [-0.2, 0) is 21.2 Å². The Balaban J connectivity index is 1.68. The fraction of sp³-hybridized carbons (Fsp3) is 0.391. The van der Waals surface area contributed by atoms with Crippen LogP contribution in [-0.4, -0.2) is 45.3 Å². The molecule has 2 amide bonds. The molecular formula is C23H29N3O4S. The molecule has 31 heavy (non-hydrogen) atoms. The summed E-state index contributed by atoms with van der Waals surface area (Å²) in [5.41, 5.74) is 1.84. The van der Waals surface area contributed by atoms with E-state index >= 15 is 0 Å². The zero-order chi connectivity index (χ0) is 22.4. The minimum Gasteiger partial charge on any atom is -0.359 e. The third-order valence-corrected chi connectivity index (χ3v) is 6.93. The largest absolute Gasteiger partial charge is 0.359 e. The lowest BCUT2D eigenvalue weighted by atomic mass is 9.95. The van der Waals surface area contributed by atoms with Gasteiger partial charge < -0.3 is 10.2 Å². The van der Waals surface area contributed by atoms with E-state index in [1.807, 2.05) is 12.1 Å².